The fourth-order valence-corrected chi connectivity index (χ4v) is 4.25. The molecule has 1 unspecified atom stereocenters. The van der Waals surface area contributed by atoms with E-state index in [4.69, 9.17) is 10.8 Å². The number of para-hydroxylation sites is 1. The number of unbranched alkanes of at least 4 members (excludes halogenated alkanes) is 6. The first-order valence-electron chi connectivity index (χ1n) is 11.9. The lowest BCUT2D eigenvalue weighted by Gasteiger charge is -2.10. The van der Waals surface area contributed by atoms with Gasteiger partial charge in [-0.25, -0.2) is 0 Å². The van der Waals surface area contributed by atoms with Gasteiger partial charge in [0.05, 0.1) is 6.10 Å². The van der Waals surface area contributed by atoms with Crippen LogP contribution in [0.1, 0.15) is 76.7 Å². The van der Waals surface area contributed by atoms with Crippen molar-refractivity contribution in [2.24, 2.45) is 0 Å². The molecule has 0 saturated carbocycles. The van der Waals surface area contributed by atoms with Crippen LogP contribution in [-0.2, 0) is 11.2 Å². The van der Waals surface area contributed by atoms with Crippen LogP contribution in [-0.4, -0.2) is 28.0 Å². The summed E-state index contributed by atoms with van der Waals surface area (Å²) in [5.74, 6) is -0.287. The van der Waals surface area contributed by atoms with Crippen molar-refractivity contribution in [1.82, 2.24) is 0 Å². The quantitative estimate of drug-likeness (QED) is 0.152. The van der Waals surface area contributed by atoms with Gasteiger partial charge in [0.1, 0.15) is 0 Å². The molecule has 178 valence electrons. The van der Waals surface area contributed by atoms with Gasteiger partial charge in [-0.3, -0.25) is 4.79 Å². The molecule has 0 bridgehead atoms. The van der Waals surface area contributed by atoms with E-state index in [1.54, 1.807) is 0 Å². The molecule has 2 aromatic rings. The van der Waals surface area contributed by atoms with Crippen molar-refractivity contribution in [2.75, 3.05) is 11.5 Å². The number of carboxylic acids is 1. The molecule has 0 amide bonds. The molecule has 32 heavy (non-hydrogen) atoms. The van der Waals surface area contributed by atoms with Crippen molar-refractivity contribution in [3.63, 3.8) is 0 Å². The van der Waals surface area contributed by atoms with Gasteiger partial charge in [0.25, 0.3) is 0 Å². The van der Waals surface area contributed by atoms with Gasteiger partial charge in [-0.05, 0) is 43.4 Å². The highest BCUT2D eigenvalue weighted by Gasteiger charge is 2.07. The Morgan fingerprint density at radius 2 is 1.53 bits per heavy atom. The van der Waals surface area contributed by atoms with E-state index in [2.05, 4.69) is 37.3 Å². The summed E-state index contributed by atoms with van der Waals surface area (Å²) in [6.45, 7) is 2.27. The van der Waals surface area contributed by atoms with E-state index in [1.165, 1.54) is 68.7 Å². The minimum Gasteiger partial charge on any atom is -0.481 e. The second kappa shape index (κ2) is 18.6. The molecule has 0 fully saturated rings. The number of thioether (sulfide) groups is 1. The number of hydrogen-bond acceptors (Lipinski definition) is 4. The van der Waals surface area contributed by atoms with Crippen LogP contribution in [0.5, 0.6) is 0 Å². The predicted molar refractivity (Wildman–Crippen MR) is 137 cm³/mol. The lowest BCUT2D eigenvalue weighted by Crippen LogP contribution is -2.10. The van der Waals surface area contributed by atoms with E-state index in [0.29, 0.717) is 24.3 Å². The lowest BCUT2D eigenvalue weighted by atomic mass is 10.0. The zero-order valence-electron chi connectivity index (χ0n) is 19.5. The van der Waals surface area contributed by atoms with Crippen molar-refractivity contribution in [2.45, 2.75) is 88.6 Å². The maximum absolute atomic E-state index is 10.3. The number of nitrogens with two attached hydrogens (primary N) is 1. The number of aryl methyl sites for hydroxylation is 1. The van der Waals surface area contributed by atoms with E-state index < -0.39 is 12.1 Å². The number of aliphatic hydroxyl groups excluding tert-OH is 1. The molecule has 0 aromatic heterocycles. The van der Waals surface area contributed by atoms with Gasteiger partial charge in [-0.1, -0.05) is 87.9 Å². The molecule has 0 aliphatic heterocycles. The second-order valence-corrected chi connectivity index (χ2v) is 9.21. The molecule has 4 N–H and O–H groups in total. The summed E-state index contributed by atoms with van der Waals surface area (Å²) in [6, 6.07) is 18.3. The highest BCUT2D eigenvalue weighted by Crippen LogP contribution is 2.25. The first-order valence-corrected chi connectivity index (χ1v) is 12.9. The van der Waals surface area contributed by atoms with Crippen LogP contribution in [0.4, 0.5) is 5.69 Å². The molecule has 0 saturated heterocycles. The number of aliphatic carboxylic acids is 1. The third kappa shape index (κ3) is 14.9. The highest BCUT2D eigenvalue weighted by molar-refractivity contribution is 7.99. The Labute approximate surface area is 198 Å². The monoisotopic (exact) mass is 459 g/mol. The van der Waals surface area contributed by atoms with Gasteiger partial charge in [0.2, 0.25) is 0 Å². The molecule has 4 nitrogen and oxygen atoms in total. The summed E-state index contributed by atoms with van der Waals surface area (Å²) in [5.41, 5.74) is 7.96. The summed E-state index contributed by atoms with van der Waals surface area (Å²) in [5, 5.41) is 18.1. The number of anilines is 1. The number of rotatable bonds is 15. The lowest BCUT2D eigenvalue weighted by molar-refractivity contribution is -0.137. The van der Waals surface area contributed by atoms with Crippen LogP contribution < -0.4 is 5.73 Å². The summed E-state index contributed by atoms with van der Waals surface area (Å²) >= 11 is 1.49. The minimum atomic E-state index is -0.822. The third-order valence-corrected chi connectivity index (χ3v) is 6.42. The van der Waals surface area contributed by atoms with Gasteiger partial charge in [-0.2, -0.15) is 0 Å². The molecule has 2 rings (SSSR count). The summed E-state index contributed by atoms with van der Waals surface area (Å²) < 4.78 is 0. The van der Waals surface area contributed by atoms with Crippen molar-refractivity contribution >= 4 is 23.4 Å². The molecule has 0 aliphatic rings. The SMILES string of the molecule is CCCCCCCCCc1ccccc1.Nc1ccccc1SCC(O)CCCC(=O)O. The Morgan fingerprint density at radius 3 is 2.19 bits per heavy atom. The number of hydrogen-bond donors (Lipinski definition) is 3. The molecular formula is C27H41NO3S. The van der Waals surface area contributed by atoms with Crippen LogP contribution in [0.25, 0.3) is 0 Å². The minimum absolute atomic E-state index is 0.106. The molecule has 0 radical (unpaired) electrons. The first kappa shape index (κ1) is 28.1. The number of carboxylic acid groups (broad SMARTS) is 1. The normalized spacial score (nSPS) is 11.4. The number of aliphatic hydroxyl groups is 1. The Hall–Kier alpha value is -1.98. The molecular weight excluding hydrogens is 418 g/mol. The average molecular weight is 460 g/mol. The predicted octanol–water partition coefficient (Wildman–Crippen LogP) is 6.96. The number of nitrogen functional groups attached to an aromatic ring is 1. The molecule has 2 aromatic carbocycles. The van der Waals surface area contributed by atoms with Gasteiger partial charge in [0.15, 0.2) is 0 Å². The van der Waals surface area contributed by atoms with Crippen molar-refractivity contribution in [3.8, 4) is 0 Å². The molecule has 0 aliphatic carbocycles. The number of carbonyl (C=O) groups is 1. The summed E-state index contributed by atoms with van der Waals surface area (Å²) in [7, 11) is 0. The van der Waals surface area contributed by atoms with Gasteiger partial charge in [-0.15, -0.1) is 11.8 Å². The van der Waals surface area contributed by atoms with Crippen LogP contribution in [0.3, 0.4) is 0 Å². The van der Waals surface area contributed by atoms with E-state index in [9.17, 15) is 9.90 Å². The van der Waals surface area contributed by atoms with E-state index >= 15 is 0 Å². The average Bonchev–Trinajstić information content (AvgIpc) is 2.79. The Balaban J connectivity index is 0.000000323. The van der Waals surface area contributed by atoms with E-state index in [1.807, 2.05) is 24.3 Å². The van der Waals surface area contributed by atoms with Crippen molar-refractivity contribution in [3.05, 3.63) is 60.2 Å². The summed E-state index contributed by atoms with van der Waals surface area (Å²) in [6.07, 6.45) is 11.7. The zero-order valence-corrected chi connectivity index (χ0v) is 20.4. The second-order valence-electron chi connectivity index (χ2n) is 8.15. The van der Waals surface area contributed by atoms with Gasteiger partial charge >= 0.3 is 5.97 Å². The van der Waals surface area contributed by atoms with E-state index in [-0.39, 0.29) is 6.42 Å². The fourth-order valence-electron chi connectivity index (χ4n) is 3.30. The van der Waals surface area contributed by atoms with Gasteiger partial charge < -0.3 is 15.9 Å². The standard InChI is InChI=1S/C15H24.C12H17NO3S/c1-2-3-4-5-6-7-9-12-15-13-10-8-11-14-15;13-10-5-1-2-6-11(10)17-8-9(14)4-3-7-12(15)16/h8,10-11,13-14H,2-7,9,12H2,1H3;1-2,5-6,9,14H,3-4,7-8,13H2,(H,15,16). The largest absolute Gasteiger partial charge is 0.481 e. The smallest absolute Gasteiger partial charge is 0.303 e. The Bertz CT molecular complexity index is 724. The Morgan fingerprint density at radius 1 is 0.906 bits per heavy atom. The zero-order chi connectivity index (χ0) is 23.4. The fraction of sp³-hybridized carbons (Fsp3) is 0.519. The van der Waals surface area contributed by atoms with Gasteiger partial charge in [0, 0.05) is 22.8 Å². The van der Waals surface area contributed by atoms with Crippen molar-refractivity contribution in [1.29, 1.82) is 0 Å². The number of benzene rings is 2. The molecule has 0 heterocycles. The maximum atomic E-state index is 10.3. The van der Waals surface area contributed by atoms with Crippen LogP contribution >= 0.6 is 11.8 Å². The molecule has 1 atom stereocenters. The highest BCUT2D eigenvalue weighted by atomic mass is 32.2. The molecule has 0 spiro atoms. The van der Waals surface area contributed by atoms with Crippen LogP contribution in [0.15, 0.2) is 59.5 Å². The maximum Gasteiger partial charge on any atom is 0.303 e. The first-order chi connectivity index (χ1) is 15.5. The van der Waals surface area contributed by atoms with Crippen LogP contribution in [0, 0.1) is 0 Å². The van der Waals surface area contributed by atoms with E-state index in [0.717, 1.165) is 4.90 Å². The van der Waals surface area contributed by atoms with Crippen LogP contribution in [0.2, 0.25) is 0 Å². The summed E-state index contributed by atoms with van der Waals surface area (Å²) in [4.78, 5) is 11.3. The van der Waals surface area contributed by atoms with Crippen molar-refractivity contribution < 1.29 is 15.0 Å². The Kier molecular flexibility index (Phi) is 16.3. The third-order valence-electron chi connectivity index (χ3n) is 5.19. The topological polar surface area (TPSA) is 83.5 Å². The molecule has 5 heteroatoms.